The van der Waals surface area contributed by atoms with Gasteiger partial charge in [-0.05, 0) is 50.1 Å². The molecule has 0 saturated carbocycles. The molecule has 0 saturated heterocycles. The van der Waals surface area contributed by atoms with Crippen LogP contribution in [0.1, 0.15) is 5.56 Å². The number of hydrogen-bond donors (Lipinski definition) is 0. The van der Waals surface area contributed by atoms with Gasteiger partial charge in [0.05, 0.1) is 6.54 Å². The predicted octanol–water partition coefficient (Wildman–Crippen LogP) is 4.25. The zero-order chi connectivity index (χ0) is 11.7. The van der Waals surface area contributed by atoms with E-state index in [1.54, 1.807) is 16.8 Å². The van der Waals surface area contributed by atoms with Crippen LogP contribution in [0.4, 0.5) is 4.39 Å². The van der Waals surface area contributed by atoms with Crippen molar-refractivity contribution in [1.29, 1.82) is 0 Å². The molecule has 0 fully saturated rings. The second-order valence-electron chi connectivity index (χ2n) is 3.18. The summed E-state index contributed by atoms with van der Waals surface area (Å²) in [5.74, 6) is -0.289. The molecule has 2 nitrogen and oxygen atoms in total. The third kappa shape index (κ3) is 2.64. The van der Waals surface area contributed by atoms with Gasteiger partial charge in [0, 0.05) is 16.7 Å². The van der Waals surface area contributed by atoms with Crippen LogP contribution >= 0.6 is 43.5 Å². The van der Waals surface area contributed by atoms with Crippen LogP contribution in [0.15, 0.2) is 33.5 Å². The van der Waals surface area contributed by atoms with Crippen molar-refractivity contribution in [1.82, 2.24) is 9.78 Å². The monoisotopic (exact) mass is 366 g/mol. The smallest absolute Gasteiger partial charge is 0.129 e. The zero-order valence-electron chi connectivity index (χ0n) is 7.92. The Morgan fingerprint density at radius 1 is 1.31 bits per heavy atom. The van der Waals surface area contributed by atoms with Crippen molar-refractivity contribution in [2.45, 2.75) is 6.54 Å². The largest absolute Gasteiger partial charge is 0.253 e. The van der Waals surface area contributed by atoms with Gasteiger partial charge >= 0.3 is 0 Å². The third-order valence-corrected chi connectivity index (χ3v) is 3.29. The first-order valence-corrected chi connectivity index (χ1v) is 6.35. The lowest BCUT2D eigenvalue weighted by molar-refractivity contribution is 0.580. The molecule has 0 amide bonds. The zero-order valence-corrected chi connectivity index (χ0v) is 11.9. The highest BCUT2D eigenvalue weighted by Crippen LogP contribution is 2.20. The molecule has 16 heavy (non-hydrogen) atoms. The van der Waals surface area contributed by atoms with E-state index in [4.69, 9.17) is 11.6 Å². The number of benzene rings is 1. The van der Waals surface area contributed by atoms with E-state index in [-0.39, 0.29) is 5.82 Å². The number of nitrogens with zero attached hydrogens (tertiary/aromatic N) is 2. The van der Waals surface area contributed by atoms with Crippen LogP contribution in [0.5, 0.6) is 0 Å². The molecule has 0 unspecified atom stereocenters. The van der Waals surface area contributed by atoms with Gasteiger partial charge in [-0.25, -0.2) is 4.39 Å². The molecule has 84 valence electrons. The molecular formula is C10H6Br2ClFN2. The fourth-order valence-corrected chi connectivity index (χ4v) is 2.63. The molecular weight excluding hydrogens is 362 g/mol. The van der Waals surface area contributed by atoms with Crippen molar-refractivity contribution >= 4 is 43.5 Å². The van der Waals surface area contributed by atoms with Gasteiger partial charge < -0.3 is 0 Å². The van der Waals surface area contributed by atoms with E-state index in [1.165, 1.54) is 12.1 Å². The molecule has 0 bridgehead atoms. The van der Waals surface area contributed by atoms with Crippen molar-refractivity contribution in [3.8, 4) is 0 Å². The van der Waals surface area contributed by atoms with Crippen LogP contribution in [-0.2, 0) is 6.54 Å². The molecule has 0 aliphatic heterocycles. The Hall–Kier alpha value is -0.390. The van der Waals surface area contributed by atoms with Gasteiger partial charge in [0.15, 0.2) is 0 Å². The molecule has 0 atom stereocenters. The van der Waals surface area contributed by atoms with E-state index in [0.717, 1.165) is 4.60 Å². The van der Waals surface area contributed by atoms with E-state index in [0.29, 0.717) is 21.7 Å². The first-order chi connectivity index (χ1) is 7.56. The molecule has 2 rings (SSSR count). The normalized spacial score (nSPS) is 10.8. The molecule has 1 heterocycles. The maximum absolute atomic E-state index is 13.5. The third-order valence-electron chi connectivity index (χ3n) is 2.03. The topological polar surface area (TPSA) is 17.8 Å². The van der Waals surface area contributed by atoms with Gasteiger partial charge in [0.2, 0.25) is 0 Å². The Morgan fingerprint density at radius 2 is 2.06 bits per heavy atom. The van der Waals surface area contributed by atoms with Crippen molar-refractivity contribution in [2.24, 2.45) is 0 Å². The first kappa shape index (κ1) is 12.1. The lowest BCUT2D eigenvalue weighted by Crippen LogP contribution is -2.04. The Labute approximate surface area is 114 Å². The summed E-state index contributed by atoms with van der Waals surface area (Å²) in [6.07, 6.45) is 0. The highest BCUT2D eigenvalue weighted by atomic mass is 79.9. The Morgan fingerprint density at radius 3 is 2.69 bits per heavy atom. The van der Waals surface area contributed by atoms with Gasteiger partial charge in [-0.2, -0.15) is 5.10 Å². The van der Waals surface area contributed by atoms with Crippen molar-refractivity contribution in [2.75, 3.05) is 0 Å². The number of halogens is 4. The maximum atomic E-state index is 13.5. The summed E-state index contributed by atoms with van der Waals surface area (Å²) >= 11 is 12.4. The fraction of sp³-hybridized carbons (Fsp3) is 0.100. The predicted molar refractivity (Wildman–Crippen MR) is 68.1 cm³/mol. The van der Waals surface area contributed by atoms with E-state index in [9.17, 15) is 4.39 Å². The second-order valence-corrected chi connectivity index (χ2v) is 5.24. The van der Waals surface area contributed by atoms with E-state index < -0.39 is 0 Å². The summed E-state index contributed by atoms with van der Waals surface area (Å²) in [6.45, 7) is 0.332. The van der Waals surface area contributed by atoms with Crippen molar-refractivity contribution < 1.29 is 4.39 Å². The molecule has 0 spiro atoms. The van der Waals surface area contributed by atoms with E-state index >= 15 is 0 Å². The number of rotatable bonds is 2. The second kappa shape index (κ2) is 4.85. The van der Waals surface area contributed by atoms with Crippen LogP contribution in [0.25, 0.3) is 0 Å². The SMILES string of the molecule is Fc1ccc(Cl)cc1Cn1nc(Br)cc1Br. The molecule has 1 aromatic carbocycles. The van der Waals surface area contributed by atoms with Crippen molar-refractivity contribution in [3.05, 3.63) is 49.9 Å². The molecule has 0 radical (unpaired) electrons. The molecule has 6 heteroatoms. The summed E-state index contributed by atoms with van der Waals surface area (Å²) in [7, 11) is 0. The van der Waals surface area contributed by atoms with Crippen LogP contribution in [-0.4, -0.2) is 9.78 Å². The van der Waals surface area contributed by atoms with Crippen molar-refractivity contribution in [3.63, 3.8) is 0 Å². The van der Waals surface area contributed by atoms with Crippen LogP contribution < -0.4 is 0 Å². The van der Waals surface area contributed by atoms with Crippen LogP contribution in [0.3, 0.4) is 0 Å². The minimum absolute atomic E-state index is 0.289. The van der Waals surface area contributed by atoms with Crippen LogP contribution in [0, 0.1) is 5.82 Å². The molecule has 0 aliphatic carbocycles. The number of aromatic nitrogens is 2. The first-order valence-electron chi connectivity index (χ1n) is 4.39. The summed E-state index contributed by atoms with van der Waals surface area (Å²) in [5, 5.41) is 4.67. The molecule has 0 N–H and O–H groups in total. The maximum Gasteiger partial charge on any atom is 0.129 e. The van der Waals surface area contributed by atoms with Crippen LogP contribution in [0.2, 0.25) is 5.02 Å². The quantitative estimate of drug-likeness (QED) is 0.775. The average Bonchev–Trinajstić information content (AvgIpc) is 2.51. The van der Waals surface area contributed by atoms with Gasteiger partial charge in [0.1, 0.15) is 15.0 Å². The summed E-state index contributed by atoms with van der Waals surface area (Å²) in [5.41, 5.74) is 0.504. The summed E-state index contributed by atoms with van der Waals surface area (Å²) in [4.78, 5) is 0. The lowest BCUT2D eigenvalue weighted by Gasteiger charge is -2.05. The number of hydrogen-bond acceptors (Lipinski definition) is 1. The Bertz CT molecular complexity index is 528. The van der Waals surface area contributed by atoms with E-state index in [1.807, 2.05) is 0 Å². The highest BCUT2D eigenvalue weighted by molar-refractivity contribution is 9.11. The fourth-order valence-electron chi connectivity index (χ4n) is 1.30. The minimum Gasteiger partial charge on any atom is -0.253 e. The summed E-state index contributed by atoms with van der Waals surface area (Å²) < 4.78 is 16.6. The van der Waals surface area contributed by atoms with Gasteiger partial charge in [-0.3, -0.25) is 4.68 Å². The molecule has 1 aromatic heterocycles. The molecule has 0 aliphatic rings. The average molecular weight is 368 g/mol. The van der Waals surface area contributed by atoms with Gasteiger partial charge in [-0.1, -0.05) is 11.6 Å². The minimum atomic E-state index is -0.289. The summed E-state index contributed by atoms with van der Waals surface area (Å²) in [6, 6.07) is 6.26. The van der Waals surface area contributed by atoms with E-state index in [2.05, 4.69) is 37.0 Å². The molecule has 2 aromatic rings. The highest BCUT2D eigenvalue weighted by Gasteiger charge is 2.08. The Balaban J connectivity index is 2.33. The lowest BCUT2D eigenvalue weighted by atomic mass is 10.2. The van der Waals surface area contributed by atoms with Gasteiger partial charge in [-0.15, -0.1) is 0 Å². The van der Waals surface area contributed by atoms with Gasteiger partial charge in [0.25, 0.3) is 0 Å². The standard InChI is InChI=1S/C10H6Br2ClFN2/c11-9-4-10(12)16(15-9)5-6-3-7(13)1-2-8(6)14/h1-4H,5H2. The Kier molecular flexibility index (Phi) is 3.66.